The average Bonchev–Trinajstić information content (AvgIpc) is 2.75. The highest BCUT2D eigenvalue weighted by atomic mass is 19.2. The van der Waals surface area contributed by atoms with Gasteiger partial charge in [-0.25, -0.2) is 13.2 Å². The number of unbranched alkanes of at least 4 members (excludes halogenated alkanes) is 3. The van der Waals surface area contributed by atoms with Crippen molar-refractivity contribution in [1.82, 2.24) is 0 Å². The zero-order chi connectivity index (χ0) is 21.5. The molecule has 1 fully saturated rings. The Hall–Kier alpha value is -1.81. The molecule has 4 heteroatoms. The van der Waals surface area contributed by atoms with Crippen LogP contribution in [0.4, 0.5) is 13.2 Å². The van der Waals surface area contributed by atoms with Crippen LogP contribution >= 0.6 is 0 Å². The normalized spacial score (nSPS) is 19.2. The molecule has 1 aliphatic heterocycles. The van der Waals surface area contributed by atoms with Crippen molar-refractivity contribution >= 4 is 0 Å². The van der Waals surface area contributed by atoms with Gasteiger partial charge in [-0.15, -0.1) is 0 Å². The molecule has 0 saturated carbocycles. The zero-order valence-electron chi connectivity index (χ0n) is 18.2. The molecule has 164 valence electrons. The van der Waals surface area contributed by atoms with Crippen LogP contribution in [0.25, 0.3) is 11.1 Å². The van der Waals surface area contributed by atoms with Gasteiger partial charge >= 0.3 is 0 Å². The minimum Gasteiger partial charge on any atom is -0.373 e. The minimum absolute atomic E-state index is 0.0998. The summed E-state index contributed by atoms with van der Waals surface area (Å²) in [4.78, 5) is 0. The first-order valence-electron chi connectivity index (χ1n) is 11.4. The molecule has 0 aromatic heterocycles. The molecule has 3 rings (SSSR count). The Morgan fingerprint density at radius 3 is 2.40 bits per heavy atom. The lowest BCUT2D eigenvalue weighted by atomic mass is 9.91. The highest BCUT2D eigenvalue weighted by Crippen LogP contribution is 2.35. The highest BCUT2D eigenvalue weighted by molar-refractivity contribution is 5.65. The number of rotatable bonds is 9. The molecule has 0 amide bonds. The average molecular weight is 419 g/mol. The van der Waals surface area contributed by atoms with E-state index in [-0.39, 0.29) is 11.7 Å². The molecule has 2 atom stereocenters. The highest BCUT2D eigenvalue weighted by Gasteiger charge is 2.25. The van der Waals surface area contributed by atoms with Gasteiger partial charge in [0.25, 0.3) is 0 Å². The van der Waals surface area contributed by atoms with Gasteiger partial charge in [-0.2, -0.15) is 0 Å². The van der Waals surface area contributed by atoms with E-state index in [1.54, 1.807) is 24.3 Å². The summed E-state index contributed by atoms with van der Waals surface area (Å²) in [5.74, 6) is -1.58. The molecular formula is C26H33F3O. The van der Waals surface area contributed by atoms with E-state index in [0.717, 1.165) is 51.4 Å². The van der Waals surface area contributed by atoms with E-state index in [2.05, 4.69) is 13.8 Å². The standard InChI is InChI=1S/C26H33F3O/c1-3-5-6-7-9-19-11-13-21(26(29)25(19)28)20-12-14-22(23(27)16-20)24-15-10-18(8-4-2)17-30-24/h11-14,16,18,24H,3-10,15,17H2,1-2H3. The topological polar surface area (TPSA) is 9.23 Å². The van der Waals surface area contributed by atoms with Gasteiger partial charge in [0.2, 0.25) is 0 Å². The van der Waals surface area contributed by atoms with E-state index in [0.29, 0.717) is 35.6 Å². The monoisotopic (exact) mass is 418 g/mol. The second-order valence-corrected chi connectivity index (χ2v) is 8.50. The Bertz CT molecular complexity index is 825. The molecule has 0 bridgehead atoms. The van der Waals surface area contributed by atoms with Crippen molar-refractivity contribution in [2.24, 2.45) is 5.92 Å². The number of halogens is 3. The van der Waals surface area contributed by atoms with Gasteiger partial charge in [0, 0.05) is 11.1 Å². The van der Waals surface area contributed by atoms with Crippen molar-refractivity contribution in [3.63, 3.8) is 0 Å². The lowest BCUT2D eigenvalue weighted by Gasteiger charge is -2.29. The largest absolute Gasteiger partial charge is 0.373 e. The first-order chi connectivity index (χ1) is 14.5. The molecule has 0 radical (unpaired) electrons. The van der Waals surface area contributed by atoms with Crippen LogP contribution in [0.5, 0.6) is 0 Å². The number of hydrogen-bond donors (Lipinski definition) is 0. The number of benzene rings is 2. The van der Waals surface area contributed by atoms with Crippen molar-refractivity contribution in [2.45, 2.75) is 77.7 Å². The van der Waals surface area contributed by atoms with E-state index in [1.165, 1.54) is 6.07 Å². The fourth-order valence-corrected chi connectivity index (χ4v) is 4.39. The fraction of sp³-hybridized carbons (Fsp3) is 0.538. The molecular weight excluding hydrogens is 385 g/mol. The van der Waals surface area contributed by atoms with E-state index in [1.807, 2.05) is 0 Å². The summed E-state index contributed by atoms with van der Waals surface area (Å²) in [5, 5.41) is 0. The van der Waals surface area contributed by atoms with Crippen molar-refractivity contribution in [2.75, 3.05) is 6.61 Å². The third-order valence-electron chi connectivity index (χ3n) is 6.19. The van der Waals surface area contributed by atoms with E-state index < -0.39 is 17.5 Å². The second-order valence-electron chi connectivity index (χ2n) is 8.50. The molecule has 0 aliphatic carbocycles. The predicted octanol–water partition coefficient (Wildman–Crippen LogP) is 8.16. The summed E-state index contributed by atoms with van der Waals surface area (Å²) in [5.41, 5.74) is 1.34. The van der Waals surface area contributed by atoms with Gasteiger partial charge in [-0.3, -0.25) is 0 Å². The quantitative estimate of drug-likeness (QED) is 0.373. The second kappa shape index (κ2) is 11.0. The van der Waals surface area contributed by atoms with Crippen LogP contribution in [0.3, 0.4) is 0 Å². The number of hydrogen-bond acceptors (Lipinski definition) is 1. The van der Waals surface area contributed by atoms with Crippen molar-refractivity contribution < 1.29 is 17.9 Å². The first kappa shape index (κ1) is 22.9. The van der Waals surface area contributed by atoms with Gasteiger partial charge in [0.05, 0.1) is 12.7 Å². The number of aryl methyl sites for hydroxylation is 1. The maximum atomic E-state index is 14.8. The van der Waals surface area contributed by atoms with Crippen LogP contribution in [0.15, 0.2) is 30.3 Å². The van der Waals surface area contributed by atoms with Gasteiger partial charge in [-0.05, 0) is 55.2 Å². The lowest BCUT2D eigenvalue weighted by molar-refractivity contribution is -0.0211. The summed E-state index contributed by atoms with van der Waals surface area (Å²) in [6.45, 7) is 4.92. The third-order valence-corrected chi connectivity index (χ3v) is 6.19. The Morgan fingerprint density at radius 2 is 1.73 bits per heavy atom. The Morgan fingerprint density at radius 1 is 0.900 bits per heavy atom. The third kappa shape index (κ3) is 5.46. The SMILES string of the molecule is CCCCCCc1ccc(-c2ccc(C3CCC(CCC)CO3)c(F)c2)c(F)c1F. The first-order valence-corrected chi connectivity index (χ1v) is 11.4. The molecule has 1 nitrogen and oxygen atoms in total. The van der Waals surface area contributed by atoms with Gasteiger partial charge in [0.1, 0.15) is 5.82 Å². The summed E-state index contributed by atoms with van der Waals surface area (Å²) >= 11 is 0. The smallest absolute Gasteiger partial charge is 0.166 e. The fourth-order valence-electron chi connectivity index (χ4n) is 4.39. The molecule has 2 unspecified atom stereocenters. The maximum Gasteiger partial charge on any atom is 0.166 e. The summed E-state index contributed by atoms with van der Waals surface area (Å²) < 4.78 is 50.0. The van der Waals surface area contributed by atoms with Crippen LogP contribution in [0.2, 0.25) is 0 Å². The summed E-state index contributed by atoms with van der Waals surface area (Å²) in [6.07, 6.45) is 8.38. The summed E-state index contributed by atoms with van der Waals surface area (Å²) in [6, 6.07) is 7.82. The van der Waals surface area contributed by atoms with Crippen LogP contribution in [-0.2, 0) is 11.2 Å². The lowest BCUT2D eigenvalue weighted by Crippen LogP contribution is -2.21. The van der Waals surface area contributed by atoms with Crippen molar-refractivity contribution in [3.05, 3.63) is 58.9 Å². The van der Waals surface area contributed by atoms with E-state index in [9.17, 15) is 13.2 Å². The molecule has 0 N–H and O–H groups in total. The predicted molar refractivity (Wildman–Crippen MR) is 116 cm³/mol. The molecule has 2 aromatic rings. The molecule has 1 aliphatic rings. The molecule has 2 aromatic carbocycles. The van der Waals surface area contributed by atoms with Crippen LogP contribution in [-0.4, -0.2) is 6.61 Å². The van der Waals surface area contributed by atoms with Gasteiger partial charge < -0.3 is 4.74 Å². The van der Waals surface area contributed by atoms with Crippen LogP contribution in [0.1, 0.15) is 82.4 Å². The van der Waals surface area contributed by atoms with Gasteiger partial charge in [-0.1, -0.05) is 63.8 Å². The summed E-state index contributed by atoms with van der Waals surface area (Å²) in [7, 11) is 0. The Kier molecular flexibility index (Phi) is 8.38. The van der Waals surface area contributed by atoms with Gasteiger partial charge in [0.15, 0.2) is 11.6 Å². The van der Waals surface area contributed by atoms with Crippen molar-refractivity contribution in [3.8, 4) is 11.1 Å². The number of ether oxygens (including phenoxy) is 1. The van der Waals surface area contributed by atoms with E-state index in [4.69, 9.17) is 4.74 Å². The van der Waals surface area contributed by atoms with Crippen molar-refractivity contribution in [1.29, 1.82) is 0 Å². The minimum atomic E-state index is -0.897. The molecule has 1 heterocycles. The Balaban J connectivity index is 1.72. The maximum absolute atomic E-state index is 14.8. The molecule has 0 spiro atoms. The molecule has 30 heavy (non-hydrogen) atoms. The van der Waals surface area contributed by atoms with Crippen LogP contribution < -0.4 is 0 Å². The zero-order valence-corrected chi connectivity index (χ0v) is 18.2. The Labute approximate surface area is 178 Å². The van der Waals surface area contributed by atoms with Crippen LogP contribution in [0, 0.1) is 23.4 Å². The molecule has 1 saturated heterocycles. The van der Waals surface area contributed by atoms with E-state index >= 15 is 0 Å².